The molecular formula is C12H19N3O. The molecule has 0 aliphatic rings. The number of amides is 1. The van der Waals surface area contributed by atoms with Gasteiger partial charge in [-0.3, -0.25) is 15.6 Å². The van der Waals surface area contributed by atoms with Crippen molar-refractivity contribution in [3.05, 3.63) is 30.3 Å². The molecule has 0 radical (unpaired) electrons. The largest absolute Gasteiger partial charge is 0.320 e. The van der Waals surface area contributed by atoms with Crippen molar-refractivity contribution in [2.75, 3.05) is 5.43 Å². The van der Waals surface area contributed by atoms with Crippen molar-refractivity contribution >= 4 is 11.6 Å². The molecule has 0 heterocycles. The number of anilines is 1. The summed E-state index contributed by atoms with van der Waals surface area (Å²) in [5, 5.41) is 0. The highest BCUT2D eigenvalue weighted by Crippen LogP contribution is 2.04. The van der Waals surface area contributed by atoms with Crippen LogP contribution in [-0.2, 0) is 4.79 Å². The fourth-order valence-electron chi connectivity index (χ4n) is 1.36. The van der Waals surface area contributed by atoms with Crippen molar-refractivity contribution in [2.45, 2.75) is 26.3 Å². The van der Waals surface area contributed by atoms with Crippen molar-refractivity contribution in [3.8, 4) is 0 Å². The van der Waals surface area contributed by atoms with E-state index in [1.54, 1.807) is 0 Å². The Morgan fingerprint density at radius 2 is 1.94 bits per heavy atom. The van der Waals surface area contributed by atoms with Crippen LogP contribution < -0.4 is 16.6 Å². The molecule has 0 saturated heterocycles. The van der Waals surface area contributed by atoms with Gasteiger partial charge in [-0.05, 0) is 24.5 Å². The number of hydrogen-bond donors (Lipinski definition) is 3. The van der Waals surface area contributed by atoms with Gasteiger partial charge in [0, 0.05) is 0 Å². The Bertz CT molecular complexity index is 324. The van der Waals surface area contributed by atoms with Crippen molar-refractivity contribution < 1.29 is 4.79 Å². The molecule has 0 aromatic heterocycles. The minimum Gasteiger partial charge on any atom is -0.320 e. The van der Waals surface area contributed by atoms with Crippen LogP contribution in [0, 0.1) is 5.92 Å². The SMILES string of the molecule is CC(C)C[C@H](N)C(=O)NNc1ccccc1. The summed E-state index contributed by atoms with van der Waals surface area (Å²) in [6.45, 7) is 4.08. The maximum absolute atomic E-state index is 11.6. The van der Waals surface area contributed by atoms with E-state index in [4.69, 9.17) is 5.73 Å². The predicted molar refractivity (Wildman–Crippen MR) is 65.6 cm³/mol. The fraction of sp³-hybridized carbons (Fsp3) is 0.417. The van der Waals surface area contributed by atoms with E-state index in [1.807, 2.05) is 44.2 Å². The molecule has 0 fully saturated rings. The third kappa shape index (κ3) is 4.31. The van der Waals surface area contributed by atoms with E-state index in [9.17, 15) is 4.79 Å². The molecule has 1 amide bonds. The van der Waals surface area contributed by atoms with Gasteiger partial charge in [0.2, 0.25) is 0 Å². The molecule has 0 aliphatic heterocycles. The standard InChI is InChI=1S/C12H19N3O/c1-9(2)8-11(13)12(16)15-14-10-6-4-3-5-7-10/h3-7,9,11,14H,8,13H2,1-2H3,(H,15,16)/t11-/m0/s1. The minimum atomic E-state index is -0.462. The molecule has 0 aliphatic carbocycles. The number of nitrogens with one attached hydrogen (secondary N) is 2. The van der Waals surface area contributed by atoms with E-state index in [0.717, 1.165) is 5.69 Å². The van der Waals surface area contributed by atoms with Gasteiger partial charge in [-0.25, -0.2) is 0 Å². The first-order chi connectivity index (χ1) is 7.59. The number of nitrogens with two attached hydrogens (primary N) is 1. The summed E-state index contributed by atoms with van der Waals surface area (Å²) in [5.41, 5.74) is 12.0. The van der Waals surface area contributed by atoms with Gasteiger partial charge >= 0.3 is 0 Å². The number of rotatable bonds is 5. The molecule has 4 nitrogen and oxygen atoms in total. The van der Waals surface area contributed by atoms with E-state index in [-0.39, 0.29) is 5.91 Å². The van der Waals surface area contributed by atoms with Crippen LogP contribution in [0.1, 0.15) is 20.3 Å². The molecule has 1 aromatic rings. The van der Waals surface area contributed by atoms with Gasteiger partial charge in [-0.2, -0.15) is 0 Å². The summed E-state index contributed by atoms with van der Waals surface area (Å²) in [7, 11) is 0. The van der Waals surface area contributed by atoms with E-state index in [0.29, 0.717) is 12.3 Å². The molecule has 1 aromatic carbocycles. The fourth-order valence-corrected chi connectivity index (χ4v) is 1.36. The number of benzene rings is 1. The van der Waals surface area contributed by atoms with E-state index < -0.39 is 6.04 Å². The second kappa shape index (κ2) is 6.12. The number of para-hydroxylation sites is 1. The summed E-state index contributed by atoms with van der Waals surface area (Å²) in [6.07, 6.45) is 0.683. The Hall–Kier alpha value is -1.55. The van der Waals surface area contributed by atoms with Gasteiger partial charge in [0.25, 0.3) is 5.91 Å². The monoisotopic (exact) mass is 221 g/mol. The Morgan fingerprint density at radius 1 is 1.31 bits per heavy atom. The van der Waals surface area contributed by atoms with E-state index in [1.165, 1.54) is 0 Å². The zero-order chi connectivity index (χ0) is 12.0. The van der Waals surface area contributed by atoms with Gasteiger partial charge in [0.05, 0.1) is 11.7 Å². The van der Waals surface area contributed by atoms with Crippen molar-refractivity contribution in [2.24, 2.45) is 11.7 Å². The molecule has 1 rings (SSSR count). The number of hydrogen-bond acceptors (Lipinski definition) is 3. The Labute approximate surface area is 96.2 Å². The summed E-state index contributed by atoms with van der Waals surface area (Å²) in [6, 6.07) is 8.97. The predicted octanol–water partition coefficient (Wildman–Crippen LogP) is 1.50. The van der Waals surface area contributed by atoms with Crippen LogP contribution >= 0.6 is 0 Å². The van der Waals surface area contributed by atoms with Gasteiger partial charge < -0.3 is 5.73 Å². The molecule has 88 valence electrons. The molecule has 16 heavy (non-hydrogen) atoms. The Kier molecular flexibility index (Phi) is 4.79. The van der Waals surface area contributed by atoms with Crippen LogP contribution in [0.25, 0.3) is 0 Å². The van der Waals surface area contributed by atoms with Gasteiger partial charge in [0.15, 0.2) is 0 Å². The normalized spacial score (nSPS) is 12.2. The quantitative estimate of drug-likeness (QED) is 0.660. The summed E-state index contributed by atoms with van der Waals surface area (Å²) in [5.74, 6) is 0.232. The lowest BCUT2D eigenvalue weighted by Crippen LogP contribution is -2.43. The number of carbonyl (C=O) groups excluding carboxylic acids is 1. The molecular weight excluding hydrogens is 202 g/mol. The van der Waals surface area contributed by atoms with Gasteiger partial charge in [-0.15, -0.1) is 0 Å². The zero-order valence-electron chi connectivity index (χ0n) is 9.73. The van der Waals surface area contributed by atoms with Crippen LogP contribution in [0.4, 0.5) is 5.69 Å². The van der Waals surface area contributed by atoms with Crippen molar-refractivity contribution in [3.63, 3.8) is 0 Å². The summed E-state index contributed by atoms with van der Waals surface area (Å²) >= 11 is 0. The number of carbonyl (C=O) groups is 1. The Morgan fingerprint density at radius 3 is 2.50 bits per heavy atom. The van der Waals surface area contributed by atoms with Crippen LogP contribution in [0.5, 0.6) is 0 Å². The van der Waals surface area contributed by atoms with E-state index >= 15 is 0 Å². The molecule has 4 N–H and O–H groups in total. The molecule has 1 atom stereocenters. The lowest BCUT2D eigenvalue weighted by Gasteiger charge is -2.15. The second-order valence-corrected chi connectivity index (χ2v) is 4.22. The lowest BCUT2D eigenvalue weighted by atomic mass is 10.0. The highest BCUT2D eigenvalue weighted by molar-refractivity contribution is 5.82. The molecule has 0 unspecified atom stereocenters. The molecule has 4 heteroatoms. The van der Waals surface area contributed by atoms with Crippen LogP contribution in [0.3, 0.4) is 0 Å². The first kappa shape index (κ1) is 12.5. The average Bonchev–Trinajstić information content (AvgIpc) is 2.26. The van der Waals surface area contributed by atoms with E-state index in [2.05, 4.69) is 10.9 Å². The maximum Gasteiger partial charge on any atom is 0.255 e. The molecule has 0 saturated carbocycles. The van der Waals surface area contributed by atoms with Crippen LogP contribution in [0.2, 0.25) is 0 Å². The highest BCUT2D eigenvalue weighted by atomic mass is 16.2. The van der Waals surface area contributed by atoms with Gasteiger partial charge in [-0.1, -0.05) is 32.0 Å². The minimum absolute atomic E-state index is 0.183. The first-order valence-electron chi connectivity index (χ1n) is 5.46. The summed E-state index contributed by atoms with van der Waals surface area (Å²) in [4.78, 5) is 11.6. The van der Waals surface area contributed by atoms with Crippen molar-refractivity contribution in [1.82, 2.24) is 5.43 Å². The van der Waals surface area contributed by atoms with Gasteiger partial charge in [0.1, 0.15) is 0 Å². The number of hydrazine groups is 1. The zero-order valence-corrected chi connectivity index (χ0v) is 9.73. The first-order valence-corrected chi connectivity index (χ1v) is 5.46. The third-order valence-corrected chi connectivity index (χ3v) is 2.17. The smallest absolute Gasteiger partial charge is 0.255 e. The highest BCUT2D eigenvalue weighted by Gasteiger charge is 2.14. The topological polar surface area (TPSA) is 67.2 Å². The molecule has 0 bridgehead atoms. The van der Waals surface area contributed by atoms with Crippen LogP contribution in [-0.4, -0.2) is 11.9 Å². The third-order valence-electron chi connectivity index (χ3n) is 2.17. The average molecular weight is 221 g/mol. The Balaban J connectivity index is 2.35. The van der Waals surface area contributed by atoms with Crippen LogP contribution in [0.15, 0.2) is 30.3 Å². The maximum atomic E-state index is 11.6. The molecule has 0 spiro atoms. The lowest BCUT2D eigenvalue weighted by molar-refractivity contribution is -0.122. The summed E-state index contributed by atoms with van der Waals surface area (Å²) < 4.78 is 0. The second-order valence-electron chi connectivity index (χ2n) is 4.22. The van der Waals surface area contributed by atoms with Crippen molar-refractivity contribution in [1.29, 1.82) is 0 Å².